The first-order chi connectivity index (χ1) is 24.4. The Labute approximate surface area is 304 Å². The molecule has 246 valence electrons. The van der Waals surface area contributed by atoms with Crippen molar-refractivity contribution in [2.24, 2.45) is 0 Å². The molecule has 1 aliphatic rings. The van der Waals surface area contributed by atoms with Crippen molar-refractivity contribution in [3.05, 3.63) is 146 Å². The fourth-order valence-corrected chi connectivity index (χ4v) is 9.20. The van der Waals surface area contributed by atoms with Gasteiger partial charge in [0.25, 0.3) is 0 Å². The van der Waals surface area contributed by atoms with E-state index in [2.05, 4.69) is 222 Å². The van der Waals surface area contributed by atoms with Gasteiger partial charge in [0.2, 0.25) is 0 Å². The van der Waals surface area contributed by atoms with Crippen LogP contribution in [0.3, 0.4) is 0 Å². The summed E-state index contributed by atoms with van der Waals surface area (Å²) in [6, 6.07) is 52.9. The van der Waals surface area contributed by atoms with E-state index in [4.69, 9.17) is 0 Å². The van der Waals surface area contributed by atoms with Crippen molar-refractivity contribution >= 4 is 72.9 Å². The average molecular weight is 829 g/mol. The number of fused-ring (bicyclic) bond motifs is 6. The molecule has 0 amide bonds. The quantitative estimate of drug-likeness (QED) is 0.159. The van der Waals surface area contributed by atoms with Crippen molar-refractivity contribution in [3.63, 3.8) is 0 Å². The summed E-state index contributed by atoms with van der Waals surface area (Å²) < 4.78 is 5.92. The molecule has 0 spiro atoms. The monoisotopic (exact) mass is 829 g/mol. The van der Waals surface area contributed by atoms with E-state index in [1.807, 2.05) is 0 Å². The second-order valence-electron chi connectivity index (χ2n) is 13.5. The molecule has 0 atom stereocenters. The van der Waals surface area contributed by atoms with Crippen LogP contribution in [0.4, 0.5) is 11.4 Å². The van der Waals surface area contributed by atoms with Gasteiger partial charge >= 0.3 is 306 Å². The predicted octanol–water partition coefficient (Wildman–Crippen LogP) is 8.02. The second-order valence-corrected chi connectivity index (χ2v) is 14.5. The third kappa shape index (κ3) is 4.74. The van der Waals surface area contributed by atoms with Crippen LogP contribution in [-0.4, -0.2) is 64.8 Å². The summed E-state index contributed by atoms with van der Waals surface area (Å²) in [6.45, 7) is 0.155. The number of para-hydroxylation sites is 4. The van der Waals surface area contributed by atoms with Crippen LogP contribution in [-0.2, 0) is 19.4 Å². The molecule has 0 unspecified atom stereocenters. The molecule has 0 saturated carbocycles. The number of hydrogen-bond donors (Lipinski definition) is 0. The van der Waals surface area contributed by atoms with Gasteiger partial charge in [-0.25, -0.2) is 0 Å². The van der Waals surface area contributed by atoms with Gasteiger partial charge in [-0.2, -0.15) is 0 Å². The molecule has 0 N–H and O–H groups in total. The van der Waals surface area contributed by atoms with Crippen LogP contribution in [0.2, 0.25) is 0 Å². The fraction of sp³-hybridized carbons (Fsp3) is 0.0976. The van der Waals surface area contributed by atoms with Gasteiger partial charge in [0, 0.05) is 0 Å². The minimum atomic E-state index is 0.0774. The van der Waals surface area contributed by atoms with E-state index in [0.717, 1.165) is 26.9 Å². The summed E-state index contributed by atoms with van der Waals surface area (Å²) >= 11 is 2.53. The Morgan fingerprint density at radius 3 is 0.920 bits per heavy atom. The van der Waals surface area contributed by atoms with E-state index in [9.17, 15) is 0 Å². The minimum absolute atomic E-state index is 0.0774. The van der Waals surface area contributed by atoms with E-state index in [-0.39, 0.29) is 13.7 Å². The van der Waals surface area contributed by atoms with E-state index < -0.39 is 0 Å². The van der Waals surface area contributed by atoms with Crippen LogP contribution >= 0.6 is 0 Å². The standard InChI is InChI=1S/C41H36B2N6.Pt/c1-44(2)42-43(45(3)4)47(31-23-27-33(28-24-31)49-40-19-11-7-15-36(40)37-16-8-12-20-41(37)49)29-46(42)30-21-25-32(26-22-30)48-38-17-9-5-13-34(38)35-14-6-10-18-39(35)48;/h5-28H,1-4H3;. The number of rotatable bonds is 6. The summed E-state index contributed by atoms with van der Waals surface area (Å²) in [5.41, 5.74) is 9.52. The number of hydrogen-bond acceptors (Lipinski definition) is 4. The third-order valence-corrected chi connectivity index (χ3v) is 11.2. The first-order valence-corrected chi connectivity index (χ1v) is 18.1. The molecule has 0 aliphatic carbocycles. The summed E-state index contributed by atoms with van der Waals surface area (Å²) in [4.78, 5) is 9.61. The molecule has 6 nitrogen and oxygen atoms in total. The molecule has 0 bridgehead atoms. The van der Waals surface area contributed by atoms with Gasteiger partial charge in [0.1, 0.15) is 0 Å². The van der Waals surface area contributed by atoms with Gasteiger partial charge in [-0.15, -0.1) is 0 Å². The van der Waals surface area contributed by atoms with Gasteiger partial charge in [-0.1, -0.05) is 0 Å². The van der Waals surface area contributed by atoms with Gasteiger partial charge in [-0.05, 0) is 0 Å². The van der Waals surface area contributed by atoms with Gasteiger partial charge < -0.3 is 0 Å². The molecule has 6 aromatic carbocycles. The summed E-state index contributed by atoms with van der Waals surface area (Å²) in [5, 5.41) is 5.10. The van der Waals surface area contributed by atoms with Crippen LogP contribution in [0, 0.1) is 0 Å². The van der Waals surface area contributed by atoms with Gasteiger partial charge in [0.15, 0.2) is 0 Å². The SMILES string of the molecule is CN(C)B1B(N(C)C)N(c2ccc(-n3c4ccccc4c4ccccc43)cc2)[C](=[Pt])N1c1ccc(-n2c3ccccc3c3ccccc32)cc1. The first kappa shape index (κ1) is 31.1. The third-order valence-electron chi connectivity index (χ3n) is 10.2. The van der Waals surface area contributed by atoms with E-state index in [1.54, 1.807) is 0 Å². The number of anilines is 2. The van der Waals surface area contributed by atoms with Crippen molar-refractivity contribution in [1.82, 2.24) is 18.8 Å². The molecule has 2 aromatic heterocycles. The molecule has 1 aliphatic heterocycles. The second kappa shape index (κ2) is 12.2. The molecular weight excluding hydrogens is 793 g/mol. The van der Waals surface area contributed by atoms with Crippen molar-refractivity contribution in [1.29, 1.82) is 0 Å². The van der Waals surface area contributed by atoms with Crippen LogP contribution in [0.1, 0.15) is 0 Å². The Morgan fingerprint density at radius 2 is 0.640 bits per heavy atom. The number of aromatic nitrogens is 2. The van der Waals surface area contributed by atoms with Crippen LogP contribution in [0.25, 0.3) is 55.0 Å². The molecule has 50 heavy (non-hydrogen) atoms. The van der Waals surface area contributed by atoms with E-state index in [1.165, 1.54) is 43.6 Å². The molecule has 9 rings (SSSR count). The summed E-state index contributed by atoms with van der Waals surface area (Å²) in [6.07, 6.45) is 0. The van der Waals surface area contributed by atoms with Crippen molar-refractivity contribution in [2.45, 2.75) is 0 Å². The molecule has 3 heterocycles. The molecule has 8 aromatic rings. The van der Waals surface area contributed by atoms with Gasteiger partial charge in [0.05, 0.1) is 0 Å². The fourth-order valence-electron chi connectivity index (χ4n) is 8.01. The molecular formula is C41H36B2N6Pt. The molecule has 0 radical (unpaired) electrons. The Kier molecular flexibility index (Phi) is 7.58. The predicted molar refractivity (Wildman–Crippen MR) is 210 cm³/mol. The topological polar surface area (TPSA) is 22.8 Å². The number of benzene rings is 6. The maximum atomic E-state index is 2.53. The van der Waals surface area contributed by atoms with Crippen molar-refractivity contribution in [3.8, 4) is 11.4 Å². The van der Waals surface area contributed by atoms with Crippen molar-refractivity contribution in [2.75, 3.05) is 37.8 Å². The number of nitrogens with zero attached hydrogens (tertiary/aromatic N) is 6. The normalized spacial score (nSPS) is 13.9. The Morgan fingerprint density at radius 1 is 0.380 bits per heavy atom. The summed E-state index contributed by atoms with van der Waals surface area (Å²) in [5.74, 6) is 0. The van der Waals surface area contributed by atoms with Crippen molar-refractivity contribution < 1.29 is 19.4 Å². The van der Waals surface area contributed by atoms with E-state index >= 15 is 0 Å². The molecule has 1 saturated heterocycles. The van der Waals surface area contributed by atoms with Crippen LogP contribution in [0.5, 0.6) is 0 Å². The average Bonchev–Trinajstić information content (AvgIpc) is 3.77. The molecule has 9 heteroatoms. The zero-order valence-electron chi connectivity index (χ0n) is 28.5. The maximum absolute atomic E-state index is 2.53. The zero-order chi connectivity index (χ0) is 34.1. The Hall–Kier alpha value is -4.87. The first-order valence-electron chi connectivity index (χ1n) is 17.0. The van der Waals surface area contributed by atoms with Gasteiger partial charge in [-0.3, -0.25) is 0 Å². The Balaban J connectivity index is 1.10. The van der Waals surface area contributed by atoms with Crippen LogP contribution < -0.4 is 9.62 Å². The summed E-state index contributed by atoms with van der Waals surface area (Å²) in [7, 11) is 8.72. The molecule has 1 fully saturated rings. The van der Waals surface area contributed by atoms with E-state index in [0.29, 0.717) is 0 Å². The zero-order valence-corrected chi connectivity index (χ0v) is 30.8. The Bertz CT molecular complexity index is 2270. The van der Waals surface area contributed by atoms with Crippen LogP contribution in [0.15, 0.2) is 146 Å².